The van der Waals surface area contributed by atoms with E-state index in [-0.39, 0.29) is 11.7 Å². The van der Waals surface area contributed by atoms with Crippen molar-refractivity contribution in [1.29, 1.82) is 0 Å². The van der Waals surface area contributed by atoms with Crippen LogP contribution in [0.4, 0.5) is 0 Å². The summed E-state index contributed by atoms with van der Waals surface area (Å²) >= 11 is 2.05. The summed E-state index contributed by atoms with van der Waals surface area (Å²) in [5.41, 5.74) is 0.821. The quantitative estimate of drug-likeness (QED) is 0.803. The first kappa shape index (κ1) is 14.6. The van der Waals surface area contributed by atoms with E-state index in [0.717, 1.165) is 25.0 Å². The van der Waals surface area contributed by atoms with E-state index in [1.54, 1.807) is 0 Å². The zero-order chi connectivity index (χ0) is 12.8. The number of nitrogens with one attached hydrogen (secondary N) is 1. The Labute approximate surface area is 115 Å². The highest BCUT2D eigenvalue weighted by atomic mass is 127. The van der Waals surface area contributed by atoms with Crippen LogP contribution in [0.5, 0.6) is 0 Å². The van der Waals surface area contributed by atoms with Crippen LogP contribution < -0.4 is 5.56 Å². The third kappa shape index (κ3) is 3.77. The number of nitrogens with zero attached hydrogens (tertiary/aromatic N) is 1. The van der Waals surface area contributed by atoms with Crippen molar-refractivity contribution in [3.05, 3.63) is 25.4 Å². The maximum Gasteiger partial charge on any atom is 0.264 e. The summed E-state index contributed by atoms with van der Waals surface area (Å²) in [6.07, 6.45) is 2.51. The third-order valence-corrected chi connectivity index (χ3v) is 3.59. The van der Waals surface area contributed by atoms with Gasteiger partial charge in [0.25, 0.3) is 5.56 Å². The number of ether oxygens (including phenoxy) is 1. The minimum absolute atomic E-state index is 0.0581. The summed E-state index contributed by atoms with van der Waals surface area (Å²) in [7, 11) is 0. The van der Waals surface area contributed by atoms with Crippen LogP contribution in [0, 0.1) is 3.57 Å². The molecule has 1 atom stereocenters. The zero-order valence-corrected chi connectivity index (χ0v) is 12.7. The Balaban J connectivity index is 3.12. The molecule has 0 radical (unpaired) electrons. The maximum absolute atomic E-state index is 11.8. The van der Waals surface area contributed by atoms with Crippen LogP contribution in [0.25, 0.3) is 0 Å². The van der Waals surface area contributed by atoms with E-state index in [2.05, 4.69) is 39.5 Å². The summed E-state index contributed by atoms with van der Waals surface area (Å²) in [6, 6.07) is 0. The van der Waals surface area contributed by atoms with Gasteiger partial charge in [0.2, 0.25) is 0 Å². The van der Waals surface area contributed by atoms with E-state index in [9.17, 15) is 4.79 Å². The molecule has 0 amide bonds. The molecule has 5 heteroatoms. The average Bonchev–Trinajstić information content (AvgIpc) is 2.32. The molecule has 1 aromatic heterocycles. The molecule has 0 saturated heterocycles. The first-order chi connectivity index (χ1) is 8.13. The van der Waals surface area contributed by atoms with Gasteiger partial charge in [-0.3, -0.25) is 4.79 Å². The summed E-state index contributed by atoms with van der Waals surface area (Å²) in [5, 5.41) is 0. The van der Waals surface area contributed by atoms with Crippen LogP contribution >= 0.6 is 22.6 Å². The molecule has 1 heterocycles. The molecule has 1 aromatic rings. The molecule has 0 aliphatic rings. The van der Waals surface area contributed by atoms with Gasteiger partial charge in [0.15, 0.2) is 0 Å². The van der Waals surface area contributed by atoms with Gasteiger partial charge in [-0.1, -0.05) is 20.3 Å². The normalized spacial score (nSPS) is 12.7. The zero-order valence-electron chi connectivity index (χ0n) is 10.5. The number of aromatic amines is 1. The fourth-order valence-electron chi connectivity index (χ4n) is 1.67. The van der Waals surface area contributed by atoms with Crippen LogP contribution in [0.3, 0.4) is 0 Å². The standard InChI is InChI=1S/C12H19IN2O2/c1-4-7-8-10(13)12(16)15-11(14-8)9(5-2)17-6-3/h9H,4-7H2,1-3H3,(H,14,15,16). The van der Waals surface area contributed by atoms with E-state index < -0.39 is 0 Å². The predicted molar refractivity (Wildman–Crippen MR) is 76.2 cm³/mol. The minimum atomic E-state index is -0.111. The maximum atomic E-state index is 11.8. The van der Waals surface area contributed by atoms with Crippen molar-refractivity contribution in [3.8, 4) is 0 Å². The fourth-order valence-corrected chi connectivity index (χ4v) is 2.20. The number of rotatable bonds is 6. The summed E-state index contributed by atoms with van der Waals surface area (Å²) in [4.78, 5) is 19.1. The van der Waals surface area contributed by atoms with Crippen molar-refractivity contribution in [2.24, 2.45) is 0 Å². The number of halogens is 1. The van der Waals surface area contributed by atoms with Crippen molar-refractivity contribution in [3.63, 3.8) is 0 Å². The highest BCUT2D eigenvalue weighted by Gasteiger charge is 2.15. The third-order valence-electron chi connectivity index (χ3n) is 2.48. The second kappa shape index (κ2) is 7.10. The van der Waals surface area contributed by atoms with Crippen molar-refractivity contribution in [1.82, 2.24) is 9.97 Å². The van der Waals surface area contributed by atoms with E-state index in [1.807, 2.05) is 13.8 Å². The summed E-state index contributed by atoms with van der Waals surface area (Å²) in [6.45, 7) is 6.67. The lowest BCUT2D eigenvalue weighted by Gasteiger charge is -2.15. The number of H-pyrrole nitrogens is 1. The van der Waals surface area contributed by atoms with Crippen LogP contribution in [0.15, 0.2) is 4.79 Å². The number of aromatic nitrogens is 2. The van der Waals surface area contributed by atoms with E-state index in [4.69, 9.17) is 4.74 Å². The topological polar surface area (TPSA) is 55.0 Å². The van der Waals surface area contributed by atoms with E-state index >= 15 is 0 Å². The largest absolute Gasteiger partial charge is 0.371 e. The van der Waals surface area contributed by atoms with Gasteiger partial charge < -0.3 is 9.72 Å². The van der Waals surface area contributed by atoms with E-state index in [1.165, 1.54) is 0 Å². The van der Waals surface area contributed by atoms with Crippen LogP contribution in [0.2, 0.25) is 0 Å². The van der Waals surface area contributed by atoms with Gasteiger partial charge in [0.1, 0.15) is 11.9 Å². The van der Waals surface area contributed by atoms with E-state index in [0.29, 0.717) is 16.0 Å². The Kier molecular flexibility index (Phi) is 6.11. The first-order valence-corrected chi connectivity index (χ1v) is 7.12. The number of hydrogen-bond donors (Lipinski definition) is 1. The summed E-state index contributed by atoms with van der Waals surface area (Å²) in [5.74, 6) is 0.656. The molecule has 4 nitrogen and oxygen atoms in total. The van der Waals surface area contributed by atoms with Gasteiger partial charge in [-0.25, -0.2) is 4.98 Å². The average molecular weight is 350 g/mol. The van der Waals surface area contributed by atoms with Gasteiger partial charge in [0.05, 0.1) is 9.26 Å². The Morgan fingerprint density at radius 2 is 2.12 bits per heavy atom. The highest BCUT2D eigenvalue weighted by molar-refractivity contribution is 14.1. The van der Waals surface area contributed by atoms with Gasteiger partial charge in [-0.15, -0.1) is 0 Å². The molecule has 0 aliphatic heterocycles. The van der Waals surface area contributed by atoms with Gasteiger partial charge in [-0.05, 0) is 42.4 Å². The molecular formula is C12H19IN2O2. The number of aryl methyl sites for hydroxylation is 1. The van der Waals surface area contributed by atoms with Gasteiger partial charge in [-0.2, -0.15) is 0 Å². The lowest BCUT2D eigenvalue weighted by molar-refractivity contribution is 0.0531. The van der Waals surface area contributed by atoms with Gasteiger partial charge >= 0.3 is 0 Å². The fraction of sp³-hybridized carbons (Fsp3) is 0.667. The molecule has 1 unspecified atom stereocenters. The van der Waals surface area contributed by atoms with Crippen LogP contribution in [-0.4, -0.2) is 16.6 Å². The van der Waals surface area contributed by atoms with Crippen molar-refractivity contribution in [2.75, 3.05) is 6.61 Å². The molecule has 0 aliphatic carbocycles. The Bertz CT molecular complexity index is 417. The first-order valence-electron chi connectivity index (χ1n) is 6.04. The Morgan fingerprint density at radius 1 is 1.41 bits per heavy atom. The molecule has 0 aromatic carbocycles. The van der Waals surface area contributed by atoms with Crippen LogP contribution in [0.1, 0.15) is 51.2 Å². The molecule has 96 valence electrons. The van der Waals surface area contributed by atoms with Crippen molar-refractivity contribution < 1.29 is 4.74 Å². The molecule has 1 N–H and O–H groups in total. The lowest BCUT2D eigenvalue weighted by Crippen LogP contribution is -2.21. The smallest absolute Gasteiger partial charge is 0.264 e. The monoisotopic (exact) mass is 350 g/mol. The second-order valence-electron chi connectivity index (χ2n) is 3.81. The Morgan fingerprint density at radius 3 is 2.65 bits per heavy atom. The molecule has 0 fully saturated rings. The van der Waals surface area contributed by atoms with Crippen LogP contribution in [-0.2, 0) is 11.2 Å². The predicted octanol–water partition coefficient (Wildman–Crippen LogP) is 2.81. The molecular weight excluding hydrogens is 331 g/mol. The molecule has 0 spiro atoms. The highest BCUT2D eigenvalue weighted by Crippen LogP contribution is 2.17. The van der Waals surface area contributed by atoms with Crippen molar-refractivity contribution >= 4 is 22.6 Å². The molecule has 0 saturated carbocycles. The molecule has 1 rings (SSSR count). The molecule has 0 bridgehead atoms. The number of hydrogen-bond acceptors (Lipinski definition) is 3. The molecule has 17 heavy (non-hydrogen) atoms. The Hall–Kier alpha value is -0.430. The summed E-state index contributed by atoms with van der Waals surface area (Å²) < 4.78 is 6.26. The van der Waals surface area contributed by atoms with Crippen molar-refractivity contribution in [2.45, 2.75) is 46.1 Å². The second-order valence-corrected chi connectivity index (χ2v) is 4.89. The minimum Gasteiger partial charge on any atom is -0.371 e. The van der Waals surface area contributed by atoms with Gasteiger partial charge in [0, 0.05) is 6.61 Å². The lowest BCUT2D eigenvalue weighted by atomic mass is 10.2. The SMILES string of the molecule is CCCc1nc(C(CC)OCC)[nH]c(=O)c1I.